The summed E-state index contributed by atoms with van der Waals surface area (Å²) in [6.45, 7) is 0. The van der Waals surface area contributed by atoms with E-state index in [1.807, 2.05) is 0 Å². The van der Waals surface area contributed by atoms with Crippen LogP contribution in [0.15, 0.2) is 11.9 Å². The SMILES string of the molecule is FC(F)(F)CC(F)(F)F.FC(F)=C(F)C(F)F. The first-order valence-electron chi connectivity index (χ1n) is 3.38. The molecule has 0 saturated heterocycles. The molecule has 0 atom stereocenters. The molecular formula is C6H3F11. The van der Waals surface area contributed by atoms with Crippen molar-refractivity contribution in [2.45, 2.75) is 25.2 Å². The van der Waals surface area contributed by atoms with E-state index < -0.39 is 37.1 Å². The summed E-state index contributed by atoms with van der Waals surface area (Å²) in [4.78, 5) is 0. The van der Waals surface area contributed by atoms with Crippen LogP contribution >= 0.6 is 0 Å². The highest BCUT2D eigenvalue weighted by atomic mass is 19.4. The van der Waals surface area contributed by atoms with Crippen molar-refractivity contribution in [1.29, 1.82) is 0 Å². The van der Waals surface area contributed by atoms with E-state index >= 15 is 0 Å². The van der Waals surface area contributed by atoms with E-state index in [1.165, 1.54) is 0 Å². The molecular weight excluding hydrogens is 281 g/mol. The molecule has 0 unspecified atom stereocenters. The van der Waals surface area contributed by atoms with E-state index in [2.05, 4.69) is 0 Å². The van der Waals surface area contributed by atoms with E-state index in [1.54, 1.807) is 0 Å². The summed E-state index contributed by atoms with van der Waals surface area (Å²) in [5.74, 6) is -2.65. The van der Waals surface area contributed by atoms with E-state index in [-0.39, 0.29) is 0 Å². The molecule has 0 radical (unpaired) electrons. The Morgan fingerprint density at radius 1 is 0.765 bits per heavy atom. The Kier molecular flexibility index (Phi) is 7.17. The minimum atomic E-state index is -5.14. The van der Waals surface area contributed by atoms with Gasteiger partial charge in [-0.05, 0) is 0 Å². The molecule has 11 heteroatoms. The Hall–Kier alpha value is -1.03. The lowest BCUT2D eigenvalue weighted by Gasteiger charge is -2.08. The number of rotatable bonds is 1. The molecule has 0 aromatic rings. The van der Waals surface area contributed by atoms with Crippen molar-refractivity contribution in [3.05, 3.63) is 11.9 Å². The predicted octanol–water partition coefficient (Wildman–Crippen LogP) is 4.83. The molecule has 0 aliphatic heterocycles. The van der Waals surface area contributed by atoms with Crippen molar-refractivity contribution in [3.8, 4) is 0 Å². The molecule has 104 valence electrons. The van der Waals surface area contributed by atoms with Crippen LogP contribution in [0.3, 0.4) is 0 Å². The third kappa shape index (κ3) is 15.0. The van der Waals surface area contributed by atoms with Gasteiger partial charge >= 0.3 is 18.4 Å². The van der Waals surface area contributed by atoms with Gasteiger partial charge in [-0.3, -0.25) is 0 Å². The fraction of sp³-hybridized carbons (Fsp3) is 0.667. The molecule has 0 saturated carbocycles. The van der Waals surface area contributed by atoms with Crippen LogP contribution in [0.4, 0.5) is 48.3 Å². The van der Waals surface area contributed by atoms with Gasteiger partial charge in [0.25, 0.3) is 6.43 Å². The zero-order chi connectivity index (χ0) is 14.4. The minimum absolute atomic E-state index is 2.65. The van der Waals surface area contributed by atoms with Crippen molar-refractivity contribution in [3.63, 3.8) is 0 Å². The molecule has 0 N–H and O–H groups in total. The molecule has 0 aromatic carbocycles. The summed E-state index contributed by atoms with van der Waals surface area (Å²) in [7, 11) is 0. The van der Waals surface area contributed by atoms with E-state index in [0.717, 1.165) is 0 Å². The van der Waals surface area contributed by atoms with Crippen LogP contribution in [0, 0.1) is 0 Å². The molecule has 0 aliphatic rings. The van der Waals surface area contributed by atoms with Gasteiger partial charge in [-0.1, -0.05) is 0 Å². The van der Waals surface area contributed by atoms with Gasteiger partial charge in [-0.25, -0.2) is 8.78 Å². The summed E-state index contributed by atoms with van der Waals surface area (Å²) >= 11 is 0. The number of allylic oxidation sites excluding steroid dienone is 1. The van der Waals surface area contributed by atoms with Crippen LogP contribution in [0.25, 0.3) is 0 Å². The lowest BCUT2D eigenvalue weighted by Crippen LogP contribution is -2.20. The molecule has 0 bridgehead atoms. The largest absolute Gasteiger partial charge is 0.397 e. The van der Waals surface area contributed by atoms with Crippen LogP contribution in [-0.4, -0.2) is 18.8 Å². The smallest absolute Gasteiger partial charge is 0.202 e. The molecule has 0 aromatic heterocycles. The average Bonchev–Trinajstić information content (AvgIpc) is 1.96. The first-order valence-corrected chi connectivity index (χ1v) is 3.38. The highest BCUT2D eigenvalue weighted by Crippen LogP contribution is 2.31. The molecule has 0 amide bonds. The van der Waals surface area contributed by atoms with Gasteiger partial charge in [-0.15, -0.1) is 0 Å². The lowest BCUT2D eigenvalue weighted by atomic mass is 10.4. The first kappa shape index (κ1) is 18.3. The normalized spacial score (nSPS) is 12.0. The molecule has 17 heavy (non-hydrogen) atoms. The van der Waals surface area contributed by atoms with E-state index in [9.17, 15) is 48.3 Å². The van der Waals surface area contributed by atoms with E-state index in [0.29, 0.717) is 0 Å². The average molecular weight is 284 g/mol. The Balaban J connectivity index is 0. The van der Waals surface area contributed by atoms with Crippen molar-refractivity contribution >= 4 is 0 Å². The topological polar surface area (TPSA) is 0 Å². The first-order chi connectivity index (χ1) is 7.26. The zero-order valence-electron chi connectivity index (χ0n) is 7.44. The molecule has 0 rings (SSSR count). The highest BCUT2D eigenvalue weighted by Gasteiger charge is 2.43. The van der Waals surface area contributed by atoms with Gasteiger partial charge in [0.05, 0.1) is 0 Å². The number of hydrogen-bond acceptors (Lipinski definition) is 0. The highest BCUT2D eigenvalue weighted by molar-refractivity contribution is 4.93. The molecule has 0 fully saturated rings. The maximum absolute atomic E-state index is 11.0. The summed E-state index contributed by atoms with van der Waals surface area (Å²) in [5, 5.41) is 0. The Bertz CT molecular complexity index is 228. The van der Waals surface area contributed by atoms with Gasteiger partial charge < -0.3 is 0 Å². The minimum Gasteiger partial charge on any atom is -0.202 e. The third-order valence-corrected chi connectivity index (χ3v) is 0.773. The second kappa shape index (κ2) is 6.64. The quantitative estimate of drug-likeness (QED) is 0.605. The second-order valence-electron chi connectivity index (χ2n) is 2.32. The fourth-order valence-electron chi connectivity index (χ4n) is 0.310. The summed E-state index contributed by atoms with van der Waals surface area (Å²) in [6, 6.07) is 0. The van der Waals surface area contributed by atoms with Gasteiger partial charge in [0.1, 0.15) is 6.42 Å². The Morgan fingerprint density at radius 3 is 1.06 bits per heavy atom. The summed E-state index contributed by atoms with van der Waals surface area (Å²) in [6.07, 6.45) is -19.6. The molecule has 0 aliphatic carbocycles. The number of halogens is 11. The van der Waals surface area contributed by atoms with Crippen LogP contribution in [0.5, 0.6) is 0 Å². The number of alkyl halides is 8. The maximum atomic E-state index is 11.0. The van der Waals surface area contributed by atoms with Crippen LogP contribution in [0.1, 0.15) is 6.42 Å². The van der Waals surface area contributed by atoms with Crippen LogP contribution in [0.2, 0.25) is 0 Å². The molecule has 0 heterocycles. The predicted molar refractivity (Wildman–Crippen MR) is 33.1 cm³/mol. The monoisotopic (exact) mass is 284 g/mol. The van der Waals surface area contributed by atoms with Gasteiger partial charge in [0.2, 0.25) is 5.83 Å². The Labute approximate surface area is 86.7 Å². The molecule has 0 spiro atoms. The number of hydrogen-bond donors (Lipinski definition) is 0. The fourth-order valence-corrected chi connectivity index (χ4v) is 0.310. The zero-order valence-corrected chi connectivity index (χ0v) is 7.44. The maximum Gasteiger partial charge on any atom is 0.397 e. The second-order valence-corrected chi connectivity index (χ2v) is 2.32. The Morgan fingerprint density at radius 2 is 1.06 bits per heavy atom. The standard InChI is InChI=1S/C3H2F6.C3HF5/c4-2(5,6)1-3(7,8)9;4-1(2(5)6)3(7)8/h1H2;2H. The van der Waals surface area contributed by atoms with Gasteiger partial charge in [-0.2, -0.15) is 39.5 Å². The summed E-state index contributed by atoms with van der Waals surface area (Å²) in [5.41, 5.74) is 0. The van der Waals surface area contributed by atoms with Crippen LogP contribution < -0.4 is 0 Å². The molecule has 0 nitrogen and oxygen atoms in total. The van der Waals surface area contributed by atoms with Gasteiger partial charge in [0, 0.05) is 0 Å². The lowest BCUT2D eigenvalue weighted by molar-refractivity contribution is -0.232. The summed E-state index contributed by atoms with van der Waals surface area (Å²) < 4.78 is 119. The van der Waals surface area contributed by atoms with Crippen molar-refractivity contribution < 1.29 is 48.3 Å². The third-order valence-electron chi connectivity index (χ3n) is 0.773. The van der Waals surface area contributed by atoms with Crippen molar-refractivity contribution in [2.24, 2.45) is 0 Å². The van der Waals surface area contributed by atoms with Crippen LogP contribution in [-0.2, 0) is 0 Å². The van der Waals surface area contributed by atoms with Gasteiger partial charge in [0.15, 0.2) is 0 Å². The van der Waals surface area contributed by atoms with Crippen molar-refractivity contribution in [1.82, 2.24) is 0 Å². The van der Waals surface area contributed by atoms with Crippen molar-refractivity contribution in [2.75, 3.05) is 0 Å². The van der Waals surface area contributed by atoms with E-state index in [4.69, 9.17) is 0 Å².